The van der Waals surface area contributed by atoms with Gasteiger partial charge in [-0.05, 0) is 11.6 Å². The molecule has 0 amide bonds. The first-order valence-corrected chi connectivity index (χ1v) is 8.33. The van der Waals surface area contributed by atoms with Gasteiger partial charge in [-0.15, -0.1) is 0 Å². The summed E-state index contributed by atoms with van der Waals surface area (Å²) in [6.45, 7) is -0.705. The molecular formula is C17H22N2O8. The van der Waals surface area contributed by atoms with E-state index in [2.05, 4.69) is 0 Å². The van der Waals surface area contributed by atoms with E-state index in [1.807, 2.05) is 0 Å². The van der Waals surface area contributed by atoms with Gasteiger partial charge in [0.2, 0.25) is 0 Å². The fourth-order valence-electron chi connectivity index (χ4n) is 3.34. The van der Waals surface area contributed by atoms with Crippen LogP contribution >= 0.6 is 0 Å². The Balaban J connectivity index is 2.11. The Morgan fingerprint density at radius 3 is 2.56 bits per heavy atom. The van der Waals surface area contributed by atoms with Crippen molar-refractivity contribution in [1.82, 2.24) is 4.57 Å². The highest BCUT2D eigenvalue weighted by Gasteiger charge is 2.54. The summed E-state index contributed by atoms with van der Waals surface area (Å²) in [4.78, 5) is 11.1. The van der Waals surface area contributed by atoms with E-state index >= 15 is 0 Å². The first kappa shape index (κ1) is 19.7. The smallest absolute Gasteiger partial charge is 0.320 e. The molecule has 8 N–H and O–H groups in total. The summed E-state index contributed by atoms with van der Waals surface area (Å²) in [5.41, 5.74) is 6.47. The molecule has 1 aliphatic rings. The topological polar surface area (TPSA) is 179 Å². The number of ether oxygens (including phenoxy) is 1. The van der Waals surface area contributed by atoms with Crippen LogP contribution in [0.4, 0.5) is 0 Å². The second-order valence-corrected chi connectivity index (χ2v) is 6.61. The third kappa shape index (κ3) is 3.21. The van der Waals surface area contributed by atoms with Crippen LogP contribution in [-0.2, 0) is 21.9 Å². The van der Waals surface area contributed by atoms with Crippen molar-refractivity contribution in [3.8, 4) is 0 Å². The number of carbonyl (C=O) groups is 1. The SMILES string of the molecule is NC(Cc1cn(C2(O)OC(CO)C(O)C(O)C2O)c2ccccc12)C(=O)O. The number of nitrogens with two attached hydrogens (primary N) is 1. The van der Waals surface area contributed by atoms with E-state index in [1.54, 1.807) is 24.3 Å². The summed E-state index contributed by atoms with van der Waals surface area (Å²) in [5.74, 6) is -3.70. The molecule has 3 rings (SSSR count). The third-order valence-corrected chi connectivity index (χ3v) is 4.84. The molecule has 2 aromatic rings. The molecule has 1 saturated heterocycles. The molecule has 0 saturated carbocycles. The Bertz CT molecular complexity index is 837. The van der Waals surface area contributed by atoms with Gasteiger partial charge in [0, 0.05) is 18.0 Å². The standard InChI is InChI=1S/C17H22N2O8/c18-10(16(24)25)5-8-6-19(11-4-2-1-3-9(8)11)17(26)15(23)14(22)13(21)12(7-20)27-17/h1-4,6,10,12-15,20-23,26H,5,7,18H2,(H,24,25). The van der Waals surface area contributed by atoms with Gasteiger partial charge in [-0.25, -0.2) is 0 Å². The van der Waals surface area contributed by atoms with Gasteiger partial charge in [-0.1, -0.05) is 18.2 Å². The zero-order valence-corrected chi connectivity index (χ0v) is 14.2. The first-order chi connectivity index (χ1) is 12.7. The Labute approximate surface area is 153 Å². The van der Waals surface area contributed by atoms with Crippen molar-refractivity contribution in [2.24, 2.45) is 5.73 Å². The molecular weight excluding hydrogens is 360 g/mol. The number of aromatic nitrogens is 1. The van der Waals surface area contributed by atoms with E-state index in [4.69, 9.17) is 15.6 Å². The van der Waals surface area contributed by atoms with Crippen LogP contribution in [0.1, 0.15) is 5.56 Å². The van der Waals surface area contributed by atoms with Crippen molar-refractivity contribution in [3.63, 3.8) is 0 Å². The first-order valence-electron chi connectivity index (χ1n) is 8.33. The van der Waals surface area contributed by atoms with Crippen LogP contribution in [-0.4, -0.2) is 78.2 Å². The van der Waals surface area contributed by atoms with E-state index in [9.17, 15) is 30.3 Å². The Kier molecular flexibility index (Phi) is 5.23. The van der Waals surface area contributed by atoms with Crippen molar-refractivity contribution in [3.05, 3.63) is 36.0 Å². The van der Waals surface area contributed by atoms with Crippen LogP contribution in [0.25, 0.3) is 10.9 Å². The molecule has 0 radical (unpaired) electrons. The molecule has 0 aliphatic carbocycles. The average molecular weight is 382 g/mol. The Morgan fingerprint density at radius 1 is 1.26 bits per heavy atom. The second kappa shape index (κ2) is 7.17. The van der Waals surface area contributed by atoms with Crippen molar-refractivity contribution in [2.75, 3.05) is 6.61 Å². The normalized spacial score (nSPS) is 32.5. The van der Waals surface area contributed by atoms with Gasteiger partial charge in [-0.2, -0.15) is 0 Å². The summed E-state index contributed by atoms with van der Waals surface area (Å²) in [6, 6.07) is 5.47. The number of fused-ring (bicyclic) bond motifs is 1. The van der Waals surface area contributed by atoms with Crippen molar-refractivity contribution in [1.29, 1.82) is 0 Å². The van der Waals surface area contributed by atoms with Gasteiger partial charge in [0.25, 0.3) is 5.91 Å². The van der Waals surface area contributed by atoms with Crippen LogP contribution in [0, 0.1) is 0 Å². The van der Waals surface area contributed by atoms with E-state index < -0.39 is 48.9 Å². The summed E-state index contributed by atoms with van der Waals surface area (Å²) in [5, 5.41) is 60.3. The van der Waals surface area contributed by atoms with E-state index in [0.29, 0.717) is 16.5 Å². The fourth-order valence-corrected chi connectivity index (χ4v) is 3.34. The lowest BCUT2D eigenvalue weighted by atomic mass is 9.96. The van der Waals surface area contributed by atoms with Crippen LogP contribution in [0.3, 0.4) is 0 Å². The fraction of sp³-hybridized carbons (Fsp3) is 0.471. The number of para-hydroxylation sites is 1. The van der Waals surface area contributed by atoms with Gasteiger partial charge in [0.15, 0.2) is 6.10 Å². The maximum atomic E-state index is 11.1. The number of carboxylic acid groups (broad SMARTS) is 1. The predicted molar refractivity (Wildman–Crippen MR) is 91.4 cm³/mol. The highest BCUT2D eigenvalue weighted by Crippen LogP contribution is 2.36. The molecule has 148 valence electrons. The monoisotopic (exact) mass is 382 g/mol. The largest absolute Gasteiger partial charge is 0.480 e. The zero-order chi connectivity index (χ0) is 19.9. The summed E-state index contributed by atoms with van der Waals surface area (Å²) in [7, 11) is 0. The highest BCUT2D eigenvalue weighted by atomic mass is 16.7. The predicted octanol–water partition coefficient (Wildman–Crippen LogP) is -2.33. The summed E-state index contributed by atoms with van der Waals surface area (Å²) < 4.78 is 6.47. The Morgan fingerprint density at radius 2 is 1.93 bits per heavy atom. The molecule has 6 atom stereocenters. The lowest BCUT2D eigenvalue weighted by Gasteiger charge is -2.45. The van der Waals surface area contributed by atoms with Gasteiger partial charge >= 0.3 is 5.97 Å². The molecule has 1 aromatic heterocycles. The van der Waals surface area contributed by atoms with E-state index in [0.717, 1.165) is 4.57 Å². The quantitative estimate of drug-likeness (QED) is 0.299. The van der Waals surface area contributed by atoms with Crippen LogP contribution in [0.15, 0.2) is 30.5 Å². The number of aliphatic hydroxyl groups is 5. The number of nitrogens with zero attached hydrogens (tertiary/aromatic N) is 1. The molecule has 10 heteroatoms. The molecule has 0 bridgehead atoms. The summed E-state index contributed by atoms with van der Waals surface area (Å²) >= 11 is 0. The van der Waals surface area contributed by atoms with Crippen molar-refractivity contribution >= 4 is 16.9 Å². The van der Waals surface area contributed by atoms with Gasteiger partial charge in [-0.3, -0.25) is 9.36 Å². The van der Waals surface area contributed by atoms with Gasteiger partial charge in [0.1, 0.15) is 24.4 Å². The van der Waals surface area contributed by atoms with Crippen LogP contribution in [0.2, 0.25) is 0 Å². The number of carboxylic acids is 1. The lowest BCUT2D eigenvalue weighted by Crippen LogP contribution is -2.65. The number of aliphatic hydroxyl groups excluding tert-OH is 4. The third-order valence-electron chi connectivity index (χ3n) is 4.84. The molecule has 1 aliphatic heterocycles. The minimum atomic E-state index is -2.50. The molecule has 2 heterocycles. The molecule has 6 unspecified atom stereocenters. The minimum Gasteiger partial charge on any atom is -0.480 e. The van der Waals surface area contributed by atoms with E-state index in [-0.39, 0.29) is 6.42 Å². The molecule has 0 spiro atoms. The highest BCUT2D eigenvalue weighted by molar-refractivity contribution is 5.85. The molecule has 1 fully saturated rings. The number of hydrogen-bond donors (Lipinski definition) is 7. The number of hydrogen-bond acceptors (Lipinski definition) is 8. The minimum absolute atomic E-state index is 0.0520. The van der Waals surface area contributed by atoms with Crippen LogP contribution in [0.5, 0.6) is 0 Å². The van der Waals surface area contributed by atoms with E-state index in [1.165, 1.54) is 6.20 Å². The van der Waals surface area contributed by atoms with Crippen molar-refractivity contribution in [2.45, 2.75) is 42.8 Å². The van der Waals surface area contributed by atoms with Gasteiger partial charge in [0.05, 0.1) is 12.1 Å². The number of benzene rings is 1. The molecule has 27 heavy (non-hydrogen) atoms. The van der Waals surface area contributed by atoms with Crippen LogP contribution < -0.4 is 5.73 Å². The maximum Gasteiger partial charge on any atom is 0.320 e. The summed E-state index contributed by atoms with van der Waals surface area (Å²) in [6.07, 6.45) is -5.36. The van der Waals surface area contributed by atoms with Crippen molar-refractivity contribution < 1.29 is 40.2 Å². The number of rotatable bonds is 5. The molecule has 10 nitrogen and oxygen atoms in total. The maximum absolute atomic E-state index is 11.1. The van der Waals surface area contributed by atoms with Gasteiger partial charge < -0.3 is 41.1 Å². The average Bonchev–Trinajstić information content (AvgIpc) is 3.02. The Hall–Kier alpha value is -2.05. The second-order valence-electron chi connectivity index (χ2n) is 6.61. The zero-order valence-electron chi connectivity index (χ0n) is 14.2. The number of aliphatic carboxylic acids is 1. The molecule has 1 aromatic carbocycles. The lowest BCUT2D eigenvalue weighted by molar-refractivity contribution is -0.389.